The van der Waals surface area contributed by atoms with Crippen molar-refractivity contribution in [3.8, 4) is 0 Å². The highest BCUT2D eigenvalue weighted by atomic mass is 16.5. The number of nitrogens with one attached hydrogen (secondary N) is 1. The molecule has 128 valence electrons. The van der Waals surface area contributed by atoms with Gasteiger partial charge in [0, 0.05) is 25.6 Å². The maximum absolute atomic E-state index is 11.9. The van der Waals surface area contributed by atoms with Gasteiger partial charge in [0.05, 0.1) is 25.0 Å². The van der Waals surface area contributed by atoms with Crippen molar-refractivity contribution >= 4 is 5.91 Å². The van der Waals surface area contributed by atoms with Crippen LogP contribution in [0.4, 0.5) is 0 Å². The number of hydrogen-bond acceptors (Lipinski definition) is 4. The van der Waals surface area contributed by atoms with Crippen LogP contribution in [0.2, 0.25) is 0 Å². The minimum atomic E-state index is 0.00242. The fourth-order valence-electron chi connectivity index (χ4n) is 3.80. The topological polar surface area (TPSA) is 54.7 Å². The maximum Gasteiger partial charge on any atom is 0.220 e. The molecule has 5 nitrogen and oxygen atoms in total. The van der Waals surface area contributed by atoms with Gasteiger partial charge in [-0.15, -0.1) is 0 Å². The van der Waals surface area contributed by atoms with Gasteiger partial charge in [0.15, 0.2) is 0 Å². The molecule has 0 saturated carbocycles. The molecule has 2 saturated heterocycles. The van der Waals surface area contributed by atoms with E-state index < -0.39 is 0 Å². The van der Waals surface area contributed by atoms with E-state index in [0.717, 1.165) is 51.3 Å². The van der Waals surface area contributed by atoms with Crippen LogP contribution in [0.1, 0.15) is 45.3 Å². The van der Waals surface area contributed by atoms with E-state index in [1.807, 2.05) is 26.0 Å². The van der Waals surface area contributed by atoms with Crippen LogP contribution in [-0.4, -0.2) is 42.1 Å². The highest BCUT2D eigenvalue weighted by molar-refractivity contribution is 5.76. The summed E-state index contributed by atoms with van der Waals surface area (Å²) in [4.78, 5) is 14.3. The summed E-state index contributed by atoms with van der Waals surface area (Å²) in [5.41, 5.74) is 0.00242. The monoisotopic (exact) mass is 320 g/mol. The second kappa shape index (κ2) is 7.05. The van der Waals surface area contributed by atoms with Crippen LogP contribution in [0.15, 0.2) is 22.8 Å². The third kappa shape index (κ3) is 4.36. The summed E-state index contributed by atoms with van der Waals surface area (Å²) in [6, 6.07) is 4.18. The molecular weight excluding hydrogens is 292 g/mol. The number of carbonyl (C=O) groups is 1. The Labute approximate surface area is 138 Å². The van der Waals surface area contributed by atoms with E-state index in [1.165, 1.54) is 0 Å². The van der Waals surface area contributed by atoms with Gasteiger partial charge in [0.25, 0.3) is 0 Å². The van der Waals surface area contributed by atoms with E-state index in [0.29, 0.717) is 12.3 Å². The zero-order valence-electron chi connectivity index (χ0n) is 14.2. The number of furan rings is 1. The molecule has 1 spiro atoms. The Bertz CT molecular complexity index is 504. The van der Waals surface area contributed by atoms with Crippen molar-refractivity contribution in [1.82, 2.24) is 10.2 Å². The third-order valence-electron chi connectivity index (χ3n) is 4.94. The molecule has 1 N–H and O–H groups in total. The van der Waals surface area contributed by atoms with Crippen LogP contribution in [0.25, 0.3) is 0 Å². The van der Waals surface area contributed by atoms with Crippen molar-refractivity contribution in [3.05, 3.63) is 24.2 Å². The summed E-state index contributed by atoms with van der Waals surface area (Å²) in [6.07, 6.45) is 5.45. The smallest absolute Gasteiger partial charge is 0.220 e. The first-order valence-corrected chi connectivity index (χ1v) is 8.73. The fraction of sp³-hybridized carbons (Fsp3) is 0.722. The Morgan fingerprint density at radius 3 is 2.87 bits per heavy atom. The molecule has 3 rings (SSSR count). The summed E-state index contributed by atoms with van der Waals surface area (Å²) >= 11 is 0. The van der Waals surface area contributed by atoms with E-state index in [-0.39, 0.29) is 17.6 Å². The Morgan fingerprint density at radius 1 is 1.43 bits per heavy atom. The number of rotatable bonds is 5. The van der Waals surface area contributed by atoms with E-state index in [9.17, 15) is 4.79 Å². The van der Waals surface area contributed by atoms with Crippen LogP contribution in [0.5, 0.6) is 0 Å². The zero-order chi connectivity index (χ0) is 16.3. The van der Waals surface area contributed by atoms with E-state index >= 15 is 0 Å². The quantitative estimate of drug-likeness (QED) is 0.906. The molecule has 5 heteroatoms. The Hall–Kier alpha value is -1.33. The molecule has 0 aromatic carbocycles. The second-order valence-corrected chi connectivity index (χ2v) is 7.35. The molecule has 2 fully saturated rings. The van der Waals surface area contributed by atoms with Crippen molar-refractivity contribution in [2.24, 2.45) is 5.92 Å². The molecule has 1 atom stereocenters. The predicted octanol–water partition coefficient (Wildman–Crippen LogP) is 2.57. The molecule has 0 unspecified atom stereocenters. The average molecular weight is 320 g/mol. The molecule has 3 heterocycles. The average Bonchev–Trinajstić information content (AvgIpc) is 3.12. The highest BCUT2D eigenvalue weighted by Gasteiger charge is 2.43. The highest BCUT2D eigenvalue weighted by Crippen LogP contribution is 2.40. The van der Waals surface area contributed by atoms with Gasteiger partial charge < -0.3 is 14.5 Å². The lowest BCUT2D eigenvalue weighted by Crippen LogP contribution is -2.43. The van der Waals surface area contributed by atoms with E-state index in [4.69, 9.17) is 9.15 Å². The summed E-state index contributed by atoms with van der Waals surface area (Å²) in [5, 5.41) is 2.98. The van der Waals surface area contributed by atoms with Gasteiger partial charge in [0.2, 0.25) is 5.91 Å². The number of amides is 1. The second-order valence-electron chi connectivity index (χ2n) is 7.35. The zero-order valence-corrected chi connectivity index (χ0v) is 14.2. The first kappa shape index (κ1) is 16.5. The van der Waals surface area contributed by atoms with Gasteiger partial charge in [-0.3, -0.25) is 9.69 Å². The number of likely N-dealkylation sites (tertiary alicyclic amines) is 1. The summed E-state index contributed by atoms with van der Waals surface area (Å²) in [7, 11) is 0. The standard InChI is InChI=1S/C18H28N2O3/c1-14(2)19-17(21)10-15-11-18(23-13-15)5-7-20(8-6-18)12-16-4-3-9-22-16/h3-4,9,14-15H,5-8,10-13H2,1-2H3,(H,19,21)/t15-/m1/s1. The third-order valence-corrected chi connectivity index (χ3v) is 4.94. The summed E-state index contributed by atoms with van der Waals surface area (Å²) < 4.78 is 11.6. The van der Waals surface area contributed by atoms with Crippen LogP contribution in [0.3, 0.4) is 0 Å². The SMILES string of the molecule is CC(C)NC(=O)C[C@H]1COC2(CCN(Cc3ccco3)CC2)C1. The first-order chi connectivity index (χ1) is 11.0. The van der Waals surface area contributed by atoms with Crippen LogP contribution < -0.4 is 5.32 Å². The van der Waals surface area contributed by atoms with Crippen molar-refractivity contribution < 1.29 is 13.9 Å². The number of piperidine rings is 1. The number of carbonyl (C=O) groups excluding carboxylic acids is 1. The Morgan fingerprint density at radius 2 is 2.22 bits per heavy atom. The van der Waals surface area contributed by atoms with Crippen molar-refractivity contribution in [3.63, 3.8) is 0 Å². The molecule has 23 heavy (non-hydrogen) atoms. The van der Waals surface area contributed by atoms with Gasteiger partial charge in [-0.25, -0.2) is 0 Å². The Balaban J connectivity index is 1.44. The molecule has 2 aliphatic rings. The summed E-state index contributed by atoms with van der Waals surface area (Å²) in [6.45, 7) is 7.67. The number of hydrogen-bond donors (Lipinski definition) is 1. The van der Waals surface area contributed by atoms with Crippen LogP contribution in [0, 0.1) is 5.92 Å². The molecule has 0 bridgehead atoms. The summed E-state index contributed by atoms with van der Waals surface area (Å²) in [5.74, 6) is 1.54. The normalized spacial score (nSPS) is 24.4. The minimum absolute atomic E-state index is 0.00242. The lowest BCUT2D eigenvalue weighted by molar-refractivity contribution is -0.122. The van der Waals surface area contributed by atoms with Crippen molar-refractivity contribution in [2.45, 2.75) is 57.7 Å². The molecule has 1 aromatic rings. The molecule has 0 radical (unpaired) electrons. The Kier molecular flexibility index (Phi) is 5.07. The van der Waals surface area contributed by atoms with Gasteiger partial charge in [-0.1, -0.05) is 0 Å². The van der Waals surface area contributed by atoms with Crippen molar-refractivity contribution in [1.29, 1.82) is 0 Å². The van der Waals surface area contributed by atoms with Gasteiger partial charge in [-0.05, 0) is 51.2 Å². The lowest BCUT2D eigenvalue weighted by atomic mass is 9.84. The van der Waals surface area contributed by atoms with Crippen LogP contribution >= 0.6 is 0 Å². The largest absolute Gasteiger partial charge is 0.468 e. The van der Waals surface area contributed by atoms with Crippen molar-refractivity contribution in [2.75, 3.05) is 19.7 Å². The number of ether oxygens (including phenoxy) is 1. The van der Waals surface area contributed by atoms with Gasteiger partial charge >= 0.3 is 0 Å². The molecular formula is C18H28N2O3. The maximum atomic E-state index is 11.9. The minimum Gasteiger partial charge on any atom is -0.468 e. The lowest BCUT2D eigenvalue weighted by Gasteiger charge is -2.38. The predicted molar refractivity (Wildman–Crippen MR) is 87.9 cm³/mol. The molecule has 1 aromatic heterocycles. The number of nitrogens with zero attached hydrogens (tertiary/aromatic N) is 1. The first-order valence-electron chi connectivity index (χ1n) is 8.73. The molecule has 1 amide bonds. The van der Waals surface area contributed by atoms with Gasteiger partial charge in [0.1, 0.15) is 5.76 Å². The van der Waals surface area contributed by atoms with E-state index in [1.54, 1.807) is 6.26 Å². The van der Waals surface area contributed by atoms with Crippen LogP contribution in [-0.2, 0) is 16.1 Å². The molecule has 0 aliphatic carbocycles. The van der Waals surface area contributed by atoms with Gasteiger partial charge in [-0.2, -0.15) is 0 Å². The van der Waals surface area contributed by atoms with E-state index in [2.05, 4.69) is 10.2 Å². The molecule has 2 aliphatic heterocycles. The fourth-order valence-corrected chi connectivity index (χ4v) is 3.80.